The van der Waals surface area contributed by atoms with Crippen molar-refractivity contribution in [3.05, 3.63) is 0 Å². The van der Waals surface area contributed by atoms with Gasteiger partial charge in [-0.1, -0.05) is 0 Å². The number of hydrogen-bond acceptors (Lipinski definition) is 4. The Morgan fingerprint density at radius 3 is 2.50 bits per heavy atom. The molecule has 0 radical (unpaired) electrons. The highest BCUT2D eigenvalue weighted by Crippen LogP contribution is 2.05. The molecule has 84 valence electrons. The summed E-state index contributed by atoms with van der Waals surface area (Å²) in [5.74, 6) is 0. The molecule has 0 aromatic heterocycles. The first-order valence-electron chi connectivity index (χ1n) is 5.42. The second-order valence-corrected chi connectivity index (χ2v) is 3.29. The minimum Gasteiger partial charge on any atom is -0.372 e. The Labute approximate surface area is 85.9 Å². The van der Waals surface area contributed by atoms with Crippen molar-refractivity contribution < 1.29 is 14.2 Å². The number of ether oxygens (including phenoxy) is 3. The summed E-state index contributed by atoms with van der Waals surface area (Å²) >= 11 is 0. The second-order valence-electron chi connectivity index (χ2n) is 3.29. The predicted molar refractivity (Wildman–Crippen MR) is 54.3 cm³/mol. The third kappa shape index (κ3) is 4.37. The molecule has 0 saturated carbocycles. The SMILES string of the molecule is CCOC(COC1CCNC1)OCC. The Balaban J connectivity index is 2.10. The summed E-state index contributed by atoms with van der Waals surface area (Å²) in [6.07, 6.45) is 1.22. The van der Waals surface area contributed by atoms with Crippen LogP contribution in [0.3, 0.4) is 0 Å². The van der Waals surface area contributed by atoms with Crippen LogP contribution in [0.15, 0.2) is 0 Å². The van der Waals surface area contributed by atoms with Gasteiger partial charge in [-0.2, -0.15) is 0 Å². The molecule has 1 aliphatic heterocycles. The van der Waals surface area contributed by atoms with E-state index in [0.29, 0.717) is 25.9 Å². The summed E-state index contributed by atoms with van der Waals surface area (Å²) < 4.78 is 16.4. The van der Waals surface area contributed by atoms with E-state index in [1.54, 1.807) is 0 Å². The molecule has 0 aromatic carbocycles. The standard InChI is InChI=1S/C10H21NO3/c1-3-12-10(13-4-2)8-14-9-5-6-11-7-9/h9-11H,3-8H2,1-2H3. The average molecular weight is 203 g/mol. The molecule has 14 heavy (non-hydrogen) atoms. The second kappa shape index (κ2) is 7.17. The van der Waals surface area contributed by atoms with Gasteiger partial charge in [0.15, 0.2) is 6.29 Å². The lowest BCUT2D eigenvalue weighted by molar-refractivity contribution is -0.174. The topological polar surface area (TPSA) is 39.7 Å². The number of hydrogen-bond donors (Lipinski definition) is 1. The van der Waals surface area contributed by atoms with Crippen LogP contribution >= 0.6 is 0 Å². The largest absolute Gasteiger partial charge is 0.372 e. The van der Waals surface area contributed by atoms with E-state index in [1.165, 1.54) is 0 Å². The van der Waals surface area contributed by atoms with Crippen LogP contribution in [0, 0.1) is 0 Å². The van der Waals surface area contributed by atoms with Crippen LogP contribution in [0.1, 0.15) is 20.3 Å². The number of rotatable bonds is 7. The van der Waals surface area contributed by atoms with Crippen LogP contribution in [0.4, 0.5) is 0 Å². The van der Waals surface area contributed by atoms with E-state index in [2.05, 4.69) is 5.32 Å². The van der Waals surface area contributed by atoms with Gasteiger partial charge in [0.25, 0.3) is 0 Å². The Morgan fingerprint density at radius 2 is 2.00 bits per heavy atom. The zero-order chi connectivity index (χ0) is 10.2. The molecule has 0 bridgehead atoms. The lowest BCUT2D eigenvalue weighted by atomic mass is 10.3. The highest BCUT2D eigenvalue weighted by atomic mass is 16.7. The maximum atomic E-state index is 5.66. The van der Waals surface area contributed by atoms with Gasteiger partial charge in [0.1, 0.15) is 0 Å². The van der Waals surface area contributed by atoms with E-state index in [4.69, 9.17) is 14.2 Å². The molecular weight excluding hydrogens is 182 g/mol. The van der Waals surface area contributed by atoms with Crippen molar-refractivity contribution in [3.63, 3.8) is 0 Å². The van der Waals surface area contributed by atoms with Gasteiger partial charge in [0, 0.05) is 19.8 Å². The van der Waals surface area contributed by atoms with Crippen LogP contribution in [0.25, 0.3) is 0 Å². The maximum absolute atomic E-state index is 5.66. The predicted octanol–water partition coefficient (Wildman–Crippen LogP) is 0.764. The molecule has 1 atom stereocenters. The molecule has 1 heterocycles. The molecular formula is C10H21NO3. The molecule has 0 spiro atoms. The summed E-state index contributed by atoms with van der Waals surface area (Å²) in [5, 5.41) is 3.25. The van der Waals surface area contributed by atoms with Crippen molar-refractivity contribution in [1.29, 1.82) is 0 Å². The molecule has 4 heteroatoms. The van der Waals surface area contributed by atoms with Gasteiger partial charge >= 0.3 is 0 Å². The third-order valence-corrected chi connectivity index (χ3v) is 2.19. The molecule has 1 N–H and O–H groups in total. The van der Waals surface area contributed by atoms with E-state index in [1.807, 2.05) is 13.8 Å². The van der Waals surface area contributed by atoms with Crippen molar-refractivity contribution in [2.75, 3.05) is 32.9 Å². The Morgan fingerprint density at radius 1 is 1.29 bits per heavy atom. The van der Waals surface area contributed by atoms with Crippen LogP contribution in [-0.2, 0) is 14.2 Å². The highest BCUT2D eigenvalue weighted by Gasteiger charge is 2.17. The van der Waals surface area contributed by atoms with Crippen molar-refractivity contribution in [2.24, 2.45) is 0 Å². The molecule has 0 amide bonds. The summed E-state index contributed by atoms with van der Waals surface area (Å²) in [5.41, 5.74) is 0. The van der Waals surface area contributed by atoms with Crippen molar-refractivity contribution >= 4 is 0 Å². The minimum atomic E-state index is -0.203. The van der Waals surface area contributed by atoms with Crippen molar-refractivity contribution in [2.45, 2.75) is 32.7 Å². The molecule has 0 aliphatic carbocycles. The number of nitrogens with one attached hydrogen (secondary N) is 1. The Hall–Kier alpha value is -0.160. The van der Waals surface area contributed by atoms with Crippen molar-refractivity contribution in [1.82, 2.24) is 5.32 Å². The molecule has 0 aromatic rings. The van der Waals surface area contributed by atoms with E-state index in [9.17, 15) is 0 Å². The van der Waals surface area contributed by atoms with Crippen LogP contribution in [-0.4, -0.2) is 45.3 Å². The van der Waals surface area contributed by atoms with Gasteiger partial charge in [-0.25, -0.2) is 0 Å². The van der Waals surface area contributed by atoms with E-state index in [0.717, 1.165) is 19.5 Å². The smallest absolute Gasteiger partial charge is 0.180 e. The molecule has 1 rings (SSSR count). The van der Waals surface area contributed by atoms with Crippen LogP contribution in [0.5, 0.6) is 0 Å². The Bertz CT molecular complexity index is 131. The fraction of sp³-hybridized carbons (Fsp3) is 1.00. The fourth-order valence-electron chi connectivity index (χ4n) is 1.50. The summed E-state index contributed by atoms with van der Waals surface area (Å²) in [7, 11) is 0. The third-order valence-electron chi connectivity index (χ3n) is 2.19. The zero-order valence-electron chi connectivity index (χ0n) is 9.12. The molecule has 4 nitrogen and oxygen atoms in total. The highest BCUT2D eigenvalue weighted by molar-refractivity contribution is 4.70. The zero-order valence-corrected chi connectivity index (χ0v) is 9.12. The molecule has 1 saturated heterocycles. The average Bonchev–Trinajstić information content (AvgIpc) is 2.67. The molecule has 1 unspecified atom stereocenters. The van der Waals surface area contributed by atoms with Gasteiger partial charge in [0.2, 0.25) is 0 Å². The van der Waals surface area contributed by atoms with Crippen LogP contribution < -0.4 is 5.32 Å². The Kier molecular flexibility index (Phi) is 6.10. The van der Waals surface area contributed by atoms with Crippen LogP contribution in [0.2, 0.25) is 0 Å². The van der Waals surface area contributed by atoms with Gasteiger partial charge in [0.05, 0.1) is 12.7 Å². The van der Waals surface area contributed by atoms with Gasteiger partial charge < -0.3 is 19.5 Å². The quantitative estimate of drug-likeness (QED) is 0.620. The maximum Gasteiger partial charge on any atom is 0.180 e. The fourth-order valence-corrected chi connectivity index (χ4v) is 1.50. The summed E-state index contributed by atoms with van der Waals surface area (Å²) in [6, 6.07) is 0. The first kappa shape index (κ1) is 11.9. The van der Waals surface area contributed by atoms with Crippen molar-refractivity contribution in [3.8, 4) is 0 Å². The first-order chi connectivity index (χ1) is 6.86. The van der Waals surface area contributed by atoms with E-state index in [-0.39, 0.29) is 6.29 Å². The van der Waals surface area contributed by atoms with Gasteiger partial charge in [-0.15, -0.1) is 0 Å². The summed E-state index contributed by atoms with van der Waals surface area (Å²) in [6.45, 7) is 7.79. The lowest BCUT2D eigenvalue weighted by Crippen LogP contribution is -2.27. The lowest BCUT2D eigenvalue weighted by Gasteiger charge is -2.19. The normalized spacial score (nSPS) is 22.1. The minimum absolute atomic E-state index is 0.203. The van der Waals surface area contributed by atoms with Gasteiger partial charge in [-0.3, -0.25) is 0 Å². The molecule has 1 aliphatic rings. The van der Waals surface area contributed by atoms with E-state index < -0.39 is 0 Å². The molecule has 1 fully saturated rings. The first-order valence-corrected chi connectivity index (χ1v) is 5.42. The summed E-state index contributed by atoms with van der Waals surface area (Å²) in [4.78, 5) is 0. The van der Waals surface area contributed by atoms with Gasteiger partial charge in [-0.05, 0) is 26.8 Å². The van der Waals surface area contributed by atoms with E-state index >= 15 is 0 Å². The monoisotopic (exact) mass is 203 g/mol.